The van der Waals surface area contributed by atoms with Gasteiger partial charge in [-0.15, -0.1) is 0 Å². The second-order valence-corrected chi connectivity index (χ2v) is 4.92. The molecule has 1 aromatic heterocycles. The number of nitrogens with zero attached hydrogens (tertiary/aromatic N) is 1. The van der Waals surface area contributed by atoms with Crippen molar-refractivity contribution in [1.29, 1.82) is 0 Å². The highest BCUT2D eigenvalue weighted by Crippen LogP contribution is 2.27. The van der Waals surface area contributed by atoms with Gasteiger partial charge in [0.25, 0.3) is 5.56 Å². The summed E-state index contributed by atoms with van der Waals surface area (Å²) in [6, 6.07) is 0. The highest BCUT2D eigenvalue weighted by atomic mass is 127. The number of aromatic nitrogens is 2. The lowest BCUT2D eigenvalue weighted by molar-refractivity contribution is -0.0459. The molecule has 0 spiro atoms. The van der Waals surface area contributed by atoms with Crippen molar-refractivity contribution in [2.24, 2.45) is 0 Å². The molecule has 17 heavy (non-hydrogen) atoms. The summed E-state index contributed by atoms with van der Waals surface area (Å²) < 4.78 is 6.89. The third kappa shape index (κ3) is 2.44. The third-order valence-corrected chi connectivity index (χ3v) is 3.39. The van der Waals surface area contributed by atoms with Crippen molar-refractivity contribution in [3.05, 3.63) is 30.6 Å². The molecule has 3 atom stereocenters. The van der Waals surface area contributed by atoms with Crippen LogP contribution in [-0.2, 0) is 4.74 Å². The predicted molar refractivity (Wildman–Crippen MR) is 65.7 cm³/mol. The van der Waals surface area contributed by atoms with Crippen molar-refractivity contribution in [2.75, 3.05) is 6.61 Å². The van der Waals surface area contributed by atoms with Crippen LogP contribution in [0.1, 0.15) is 12.6 Å². The zero-order valence-electron chi connectivity index (χ0n) is 8.67. The van der Waals surface area contributed by atoms with E-state index in [9.17, 15) is 14.7 Å². The molecule has 0 aliphatic carbocycles. The molecule has 1 aliphatic heterocycles. The summed E-state index contributed by atoms with van der Waals surface area (Å²) in [6.45, 7) is -0.313. The Labute approximate surface area is 109 Å². The van der Waals surface area contributed by atoms with Crippen LogP contribution in [0.5, 0.6) is 0 Å². The van der Waals surface area contributed by atoms with E-state index >= 15 is 0 Å². The molecule has 0 bridgehead atoms. The van der Waals surface area contributed by atoms with Crippen molar-refractivity contribution in [2.45, 2.75) is 24.9 Å². The van der Waals surface area contributed by atoms with Gasteiger partial charge in [0.2, 0.25) is 0 Å². The Morgan fingerprint density at radius 2 is 2.29 bits per heavy atom. The first-order valence-electron chi connectivity index (χ1n) is 4.98. The average molecular weight is 354 g/mol. The molecule has 0 radical (unpaired) electrons. The molecule has 2 rings (SSSR count). The number of hydrogen-bond donors (Lipinski definition) is 3. The molecule has 3 N–H and O–H groups in total. The Kier molecular flexibility index (Phi) is 3.66. The summed E-state index contributed by atoms with van der Waals surface area (Å²) in [6.07, 6.45) is -0.607. The average Bonchev–Trinajstić information content (AvgIpc) is 2.65. The third-order valence-electron chi connectivity index (χ3n) is 2.62. The Balaban J connectivity index is 2.34. The van der Waals surface area contributed by atoms with E-state index in [4.69, 9.17) is 9.84 Å². The minimum atomic E-state index is -0.818. The number of aromatic amines is 1. The lowest BCUT2D eigenvalue weighted by Gasteiger charge is -2.14. The standard InChI is InChI=1S/C9H11IN2O5/c10-4-2-12(9(16)11-8(4)15)7-1-5(14)6(3-13)17-7/h2,5-7,13-14H,1,3H2,(H,11,15,16)/t5-,6-,7-/m1/s1. The fourth-order valence-electron chi connectivity index (χ4n) is 1.72. The molecule has 2 heterocycles. The predicted octanol–water partition coefficient (Wildman–Crippen LogP) is -1.22. The van der Waals surface area contributed by atoms with E-state index in [0.29, 0.717) is 3.57 Å². The van der Waals surface area contributed by atoms with Gasteiger partial charge in [0.1, 0.15) is 12.3 Å². The maximum absolute atomic E-state index is 11.6. The summed E-state index contributed by atoms with van der Waals surface area (Å²) in [5.74, 6) is 0. The monoisotopic (exact) mass is 354 g/mol. The summed E-state index contributed by atoms with van der Waals surface area (Å²) in [5, 5.41) is 18.5. The molecule has 0 aromatic carbocycles. The molecule has 1 aromatic rings. The van der Waals surface area contributed by atoms with Crippen LogP contribution in [0.4, 0.5) is 0 Å². The molecule has 0 saturated carbocycles. The molecule has 1 fully saturated rings. The Morgan fingerprint density at radius 1 is 1.59 bits per heavy atom. The van der Waals surface area contributed by atoms with Gasteiger partial charge in [-0.3, -0.25) is 14.3 Å². The lowest BCUT2D eigenvalue weighted by atomic mass is 10.2. The van der Waals surface area contributed by atoms with Crippen LogP contribution in [0, 0.1) is 3.57 Å². The number of hydrogen-bond acceptors (Lipinski definition) is 5. The summed E-state index contributed by atoms with van der Waals surface area (Å²) in [4.78, 5) is 24.9. The van der Waals surface area contributed by atoms with Crippen LogP contribution in [0.3, 0.4) is 0 Å². The first-order chi connectivity index (χ1) is 8.02. The van der Waals surface area contributed by atoms with Gasteiger partial charge in [-0.25, -0.2) is 4.79 Å². The van der Waals surface area contributed by atoms with Crippen molar-refractivity contribution < 1.29 is 14.9 Å². The molecule has 1 saturated heterocycles. The fourth-order valence-corrected chi connectivity index (χ4v) is 2.16. The van der Waals surface area contributed by atoms with Crippen molar-refractivity contribution in [1.82, 2.24) is 9.55 Å². The van der Waals surface area contributed by atoms with Gasteiger partial charge in [0.05, 0.1) is 16.3 Å². The van der Waals surface area contributed by atoms with E-state index in [1.807, 2.05) is 0 Å². The molecular weight excluding hydrogens is 343 g/mol. The quantitative estimate of drug-likeness (QED) is 0.578. The van der Waals surface area contributed by atoms with Crippen molar-refractivity contribution >= 4 is 22.6 Å². The fraction of sp³-hybridized carbons (Fsp3) is 0.556. The van der Waals surface area contributed by atoms with E-state index in [-0.39, 0.29) is 13.0 Å². The highest BCUT2D eigenvalue weighted by Gasteiger charge is 2.34. The van der Waals surface area contributed by atoms with E-state index < -0.39 is 29.7 Å². The minimum absolute atomic E-state index is 0.202. The Bertz CT molecular complexity index is 525. The highest BCUT2D eigenvalue weighted by molar-refractivity contribution is 14.1. The van der Waals surface area contributed by atoms with Gasteiger partial charge in [-0.2, -0.15) is 0 Å². The van der Waals surface area contributed by atoms with E-state index in [1.165, 1.54) is 10.8 Å². The smallest absolute Gasteiger partial charge is 0.330 e. The maximum atomic E-state index is 11.6. The molecule has 7 nitrogen and oxygen atoms in total. The number of rotatable bonds is 2. The number of H-pyrrole nitrogens is 1. The minimum Gasteiger partial charge on any atom is -0.394 e. The van der Waals surface area contributed by atoms with Gasteiger partial charge in [0.15, 0.2) is 0 Å². The van der Waals surface area contributed by atoms with E-state index in [0.717, 1.165) is 0 Å². The number of halogens is 1. The van der Waals surface area contributed by atoms with E-state index in [2.05, 4.69) is 4.98 Å². The molecule has 1 aliphatic rings. The second-order valence-electron chi connectivity index (χ2n) is 3.76. The number of ether oxygens (including phenoxy) is 1. The van der Waals surface area contributed by atoms with Gasteiger partial charge >= 0.3 is 5.69 Å². The first-order valence-corrected chi connectivity index (χ1v) is 6.06. The summed E-state index contributed by atoms with van der Waals surface area (Å²) in [7, 11) is 0. The zero-order valence-corrected chi connectivity index (χ0v) is 10.8. The Morgan fingerprint density at radius 3 is 2.88 bits per heavy atom. The first kappa shape index (κ1) is 12.7. The summed E-state index contributed by atoms with van der Waals surface area (Å²) in [5.41, 5.74) is -1.05. The van der Waals surface area contributed by atoms with Crippen LogP contribution in [0.25, 0.3) is 0 Å². The van der Waals surface area contributed by atoms with Crippen molar-refractivity contribution in [3.8, 4) is 0 Å². The van der Waals surface area contributed by atoms with Crippen LogP contribution in [0.2, 0.25) is 0 Å². The maximum Gasteiger partial charge on any atom is 0.330 e. The molecule has 0 unspecified atom stereocenters. The summed E-state index contributed by atoms with van der Waals surface area (Å²) >= 11 is 1.80. The number of nitrogens with one attached hydrogen (secondary N) is 1. The second kappa shape index (κ2) is 4.88. The molecule has 8 heteroatoms. The topological polar surface area (TPSA) is 105 Å². The van der Waals surface area contributed by atoms with Crippen molar-refractivity contribution in [3.63, 3.8) is 0 Å². The van der Waals surface area contributed by atoms with Crippen LogP contribution in [0.15, 0.2) is 15.8 Å². The molecule has 0 amide bonds. The SMILES string of the molecule is O=c1[nH]c(=O)n([C@H]2C[C@@H](O)[C@@H](CO)O2)cc1I. The van der Waals surface area contributed by atoms with Crippen LogP contribution >= 0.6 is 22.6 Å². The largest absolute Gasteiger partial charge is 0.394 e. The van der Waals surface area contributed by atoms with Gasteiger partial charge in [-0.05, 0) is 22.6 Å². The van der Waals surface area contributed by atoms with Gasteiger partial charge in [0, 0.05) is 12.6 Å². The number of aliphatic hydroxyl groups excluding tert-OH is 2. The number of aliphatic hydroxyl groups is 2. The van der Waals surface area contributed by atoms with Gasteiger partial charge in [-0.1, -0.05) is 0 Å². The zero-order chi connectivity index (χ0) is 12.6. The lowest BCUT2D eigenvalue weighted by Crippen LogP contribution is -2.33. The van der Waals surface area contributed by atoms with Crippen LogP contribution < -0.4 is 11.2 Å². The Hall–Kier alpha value is -0.710. The molecule has 94 valence electrons. The van der Waals surface area contributed by atoms with Crippen LogP contribution in [-0.4, -0.2) is 38.6 Å². The molecular formula is C9H11IN2O5. The van der Waals surface area contributed by atoms with E-state index in [1.54, 1.807) is 22.6 Å². The van der Waals surface area contributed by atoms with Gasteiger partial charge < -0.3 is 14.9 Å². The normalized spacial score (nSPS) is 28.5.